The molecule has 2 nitrogen and oxygen atoms in total. The third kappa shape index (κ3) is 3.33. The van der Waals surface area contributed by atoms with E-state index in [0.29, 0.717) is 5.69 Å². The molecule has 0 aromatic heterocycles. The summed E-state index contributed by atoms with van der Waals surface area (Å²) in [6.45, 7) is 0.838. The number of benzene rings is 1. The first-order valence-corrected chi connectivity index (χ1v) is 6.37. The summed E-state index contributed by atoms with van der Waals surface area (Å²) in [7, 11) is 0. The Kier molecular flexibility index (Phi) is 4.24. The van der Waals surface area contributed by atoms with Crippen molar-refractivity contribution in [2.24, 2.45) is 4.99 Å². The van der Waals surface area contributed by atoms with E-state index < -0.39 is 5.82 Å². The SMILES string of the molecule is Fc1c(Cl)cc(NC2=NCCCCC2)cc1Cl. The molecule has 0 bridgehead atoms. The lowest BCUT2D eigenvalue weighted by atomic mass is 10.2. The van der Waals surface area contributed by atoms with Crippen LogP contribution < -0.4 is 5.32 Å². The fourth-order valence-corrected chi connectivity index (χ4v) is 2.26. The van der Waals surface area contributed by atoms with Crippen LogP contribution in [0.15, 0.2) is 17.1 Å². The molecule has 0 amide bonds. The van der Waals surface area contributed by atoms with Crippen molar-refractivity contribution in [3.05, 3.63) is 28.0 Å². The molecule has 1 aliphatic rings. The summed E-state index contributed by atoms with van der Waals surface area (Å²) < 4.78 is 13.2. The van der Waals surface area contributed by atoms with E-state index in [1.165, 1.54) is 18.6 Å². The van der Waals surface area contributed by atoms with Gasteiger partial charge in [-0.25, -0.2) is 4.39 Å². The Balaban J connectivity index is 2.15. The molecule has 2 rings (SSSR count). The van der Waals surface area contributed by atoms with Crippen molar-refractivity contribution in [2.45, 2.75) is 25.7 Å². The zero-order valence-corrected chi connectivity index (χ0v) is 10.8. The van der Waals surface area contributed by atoms with E-state index in [0.717, 1.165) is 31.6 Å². The monoisotopic (exact) mass is 274 g/mol. The van der Waals surface area contributed by atoms with Crippen LogP contribution in [0.3, 0.4) is 0 Å². The summed E-state index contributed by atoms with van der Waals surface area (Å²) in [5.41, 5.74) is 0.682. The van der Waals surface area contributed by atoms with Crippen LogP contribution >= 0.6 is 23.2 Å². The fraction of sp³-hybridized carbons (Fsp3) is 0.417. The van der Waals surface area contributed by atoms with E-state index in [-0.39, 0.29) is 10.0 Å². The van der Waals surface area contributed by atoms with Crippen molar-refractivity contribution in [2.75, 3.05) is 11.9 Å². The Morgan fingerprint density at radius 1 is 1.12 bits per heavy atom. The predicted octanol–water partition coefficient (Wildman–Crippen LogP) is 4.52. The molecule has 17 heavy (non-hydrogen) atoms. The van der Waals surface area contributed by atoms with E-state index >= 15 is 0 Å². The number of anilines is 1. The highest BCUT2D eigenvalue weighted by Gasteiger charge is 2.09. The minimum Gasteiger partial charge on any atom is -0.344 e. The molecule has 0 aliphatic carbocycles. The third-order valence-corrected chi connectivity index (χ3v) is 3.20. The average Bonchev–Trinajstić information content (AvgIpc) is 2.54. The molecule has 0 unspecified atom stereocenters. The molecular weight excluding hydrogens is 262 g/mol. The number of rotatable bonds is 1. The molecule has 1 aliphatic heterocycles. The van der Waals surface area contributed by atoms with Crippen LogP contribution in [-0.4, -0.2) is 12.4 Å². The summed E-state index contributed by atoms with van der Waals surface area (Å²) >= 11 is 11.5. The van der Waals surface area contributed by atoms with Crippen molar-refractivity contribution < 1.29 is 4.39 Å². The minimum absolute atomic E-state index is 0.0224. The number of nitrogens with zero attached hydrogens (tertiary/aromatic N) is 1. The van der Waals surface area contributed by atoms with Crippen LogP contribution in [-0.2, 0) is 0 Å². The van der Waals surface area contributed by atoms with Crippen LogP contribution in [0.1, 0.15) is 25.7 Å². The maximum absolute atomic E-state index is 13.2. The molecule has 1 aromatic rings. The molecule has 0 spiro atoms. The number of hydrogen-bond donors (Lipinski definition) is 1. The van der Waals surface area contributed by atoms with Crippen molar-refractivity contribution in [3.63, 3.8) is 0 Å². The largest absolute Gasteiger partial charge is 0.344 e. The molecule has 0 saturated heterocycles. The van der Waals surface area contributed by atoms with E-state index in [4.69, 9.17) is 23.2 Å². The maximum Gasteiger partial charge on any atom is 0.160 e. The van der Waals surface area contributed by atoms with Gasteiger partial charge in [-0.1, -0.05) is 29.6 Å². The van der Waals surface area contributed by atoms with Gasteiger partial charge in [-0.05, 0) is 25.0 Å². The van der Waals surface area contributed by atoms with Crippen molar-refractivity contribution in [3.8, 4) is 0 Å². The van der Waals surface area contributed by atoms with Gasteiger partial charge < -0.3 is 5.32 Å². The van der Waals surface area contributed by atoms with Gasteiger partial charge in [0.05, 0.1) is 10.0 Å². The van der Waals surface area contributed by atoms with Gasteiger partial charge >= 0.3 is 0 Å². The van der Waals surface area contributed by atoms with Gasteiger partial charge in [0.25, 0.3) is 0 Å². The van der Waals surface area contributed by atoms with E-state index in [2.05, 4.69) is 10.3 Å². The first-order valence-electron chi connectivity index (χ1n) is 5.62. The van der Waals surface area contributed by atoms with Gasteiger partial charge in [0, 0.05) is 18.7 Å². The molecule has 92 valence electrons. The summed E-state index contributed by atoms with van der Waals surface area (Å²) in [4.78, 5) is 4.43. The number of halogens is 3. The fourth-order valence-electron chi connectivity index (χ4n) is 1.77. The van der Waals surface area contributed by atoms with Gasteiger partial charge in [-0.2, -0.15) is 0 Å². The summed E-state index contributed by atoms with van der Waals surface area (Å²) in [5.74, 6) is 0.336. The van der Waals surface area contributed by atoms with Crippen LogP contribution in [0.4, 0.5) is 10.1 Å². The molecule has 5 heteroatoms. The number of hydrogen-bond acceptors (Lipinski definition) is 2. The van der Waals surface area contributed by atoms with Crippen molar-refractivity contribution in [1.29, 1.82) is 0 Å². The molecule has 0 saturated carbocycles. The van der Waals surface area contributed by atoms with E-state index in [9.17, 15) is 4.39 Å². The van der Waals surface area contributed by atoms with Crippen molar-refractivity contribution in [1.82, 2.24) is 0 Å². The van der Waals surface area contributed by atoms with E-state index in [1.807, 2.05) is 0 Å². The highest BCUT2D eigenvalue weighted by Crippen LogP contribution is 2.27. The summed E-state index contributed by atoms with van der Waals surface area (Å²) in [6.07, 6.45) is 4.34. The zero-order valence-electron chi connectivity index (χ0n) is 9.27. The third-order valence-electron chi connectivity index (χ3n) is 2.65. The number of aliphatic imine (C=N–C) groups is 1. The second-order valence-corrected chi connectivity index (χ2v) is 4.83. The van der Waals surface area contributed by atoms with Gasteiger partial charge in [-0.3, -0.25) is 4.99 Å². The average molecular weight is 275 g/mol. The van der Waals surface area contributed by atoms with Gasteiger partial charge in [0.2, 0.25) is 0 Å². The predicted molar refractivity (Wildman–Crippen MR) is 70.8 cm³/mol. The van der Waals surface area contributed by atoms with Gasteiger partial charge in [0.1, 0.15) is 5.84 Å². The van der Waals surface area contributed by atoms with Gasteiger partial charge in [-0.15, -0.1) is 0 Å². The highest BCUT2D eigenvalue weighted by atomic mass is 35.5. The van der Waals surface area contributed by atoms with E-state index in [1.54, 1.807) is 0 Å². The summed E-state index contributed by atoms with van der Waals surface area (Å²) in [6, 6.07) is 3.05. The Morgan fingerprint density at radius 2 is 1.82 bits per heavy atom. The lowest BCUT2D eigenvalue weighted by Gasteiger charge is -2.09. The molecular formula is C12H13Cl2FN2. The zero-order chi connectivity index (χ0) is 12.3. The lowest BCUT2D eigenvalue weighted by molar-refractivity contribution is 0.629. The first kappa shape index (κ1) is 12.7. The van der Waals surface area contributed by atoms with Gasteiger partial charge in [0.15, 0.2) is 5.82 Å². The second kappa shape index (κ2) is 5.69. The number of nitrogens with one attached hydrogen (secondary N) is 1. The quantitative estimate of drug-likeness (QED) is 0.749. The normalized spacial score (nSPS) is 16.3. The second-order valence-electron chi connectivity index (χ2n) is 4.02. The molecule has 1 N–H and O–H groups in total. The van der Waals surface area contributed by atoms with Crippen LogP contribution in [0.2, 0.25) is 10.0 Å². The maximum atomic E-state index is 13.2. The Hall–Kier alpha value is -0.800. The highest BCUT2D eigenvalue weighted by molar-refractivity contribution is 6.35. The molecule has 0 radical (unpaired) electrons. The smallest absolute Gasteiger partial charge is 0.160 e. The van der Waals surface area contributed by atoms with Crippen molar-refractivity contribution >= 4 is 34.7 Å². The van der Waals surface area contributed by atoms with Crippen LogP contribution in [0.25, 0.3) is 0 Å². The Morgan fingerprint density at radius 3 is 2.53 bits per heavy atom. The summed E-state index contributed by atoms with van der Waals surface area (Å²) in [5, 5.41) is 3.19. The molecule has 1 heterocycles. The Bertz CT molecular complexity index is 423. The topological polar surface area (TPSA) is 24.4 Å². The Labute approximate surface area is 110 Å². The standard InChI is InChI=1S/C12H13Cl2FN2/c13-9-6-8(7-10(14)12(9)15)17-11-4-2-1-3-5-16-11/h6-7H,1-5H2,(H,16,17). The first-order chi connectivity index (χ1) is 8.16. The molecule has 0 atom stereocenters. The van der Waals surface area contributed by atoms with Crippen LogP contribution in [0.5, 0.6) is 0 Å². The number of amidine groups is 1. The molecule has 0 fully saturated rings. The molecule has 1 aromatic carbocycles. The van der Waals surface area contributed by atoms with Crippen LogP contribution in [0, 0.1) is 5.82 Å². The lowest BCUT2D eigenvalue weighted by Crippen LogP contribution is -2.11. The minimum atomic E-state index is -0.582.